The summed E-state index contributed by atoms with van der Waals surface area (Å²) < 4.78 is 39.0. The summed E-state index contributed by atoms with van der Waals surface area (Å²) in [5.41, 5.74) is 4.78. The van der Waals surface area contributed by atoms with Gasteiger partial charge in [0.05, 0.1) is 11.6 Å². The summed E-state index contributed by atoms with van der Waals surface area (Å²) in [5, 5.41) is 2.85. The minimum absolute atomic E-state index is 0.0984. The molecule has 4 nitrogen and oxygen atoms in total. The number of aromatic nitrogens is 1. The smallest absolute Gasteiger partial charge is 0.366 e. The van der Waals surface area contributed by atoms with Gasteiger partial charge in [-0.3, -0.25) is 4.79 Å². The Morgan fingerprint density at radius 1 is 1.27 bits per heavy atom. The molecule has 1 aromatic carbocycles. The van der Waals surface area contributed by atoms with Crippen LogP contribution in [0.2, 0.25) is 0 Å². The molecule has 22 heavy (non-hydrogen) atoms. The lowest BCUT2D eigenvalue weighted by atomic mass is 10.0. The molecular formula is C15H14F3N3O. The number of pyridine rings is 1. The number of carbonyl (C=O) groups excluding carboxylic acids is 1. The fraction of sp³-hybridized carbons (Fsp3) is 0.200. The lowest BCUT2D eigenvalue weighted by molar-refractivity contribution is -0.138. The fourth-order valence-corrected chi connectivity index (χ4v) is 2.10. The number of nitrogens with two attached hydrogens (primary N) is 1. The predicted molar refractivity (Wildman–Crippen MR) is 76.2 cm³/mol. The van der Waals surface area contributed by atoms with Crippen LogP contribution in [0.15, 0.2) is 42.6 Å². The highest BCUT2D eigenvalue weighted by atomic mass is 19.4. The van der Waals surface area contributed by atoms with E-state index in [1.165, 1.54) is 36.5 Å². The van der Waals surface area contributed by atoms with E-state index in [4.69, 9.17) is 5.73 Å². The van der Waals surface area contributed by atoms with Gasteiger partial charge in [0.15, 0.2) is 0 Å². The highest BCUT2D eigenvalue weighted by molar-refractivity contribution is 5.93. The second-order valence-corrected chi connectivity index (χ2v) is 4.75. The number of carbonyl (C=O) groups is 1. The first kappa shape index (κ1) is 15.8. The van der Waals surface area contributed by atoms with Crippen molar-refractivity contribution in [1.82, 2.24) is 4.98 Å². The summed E-state index contributed by atoms with van der Waals surface area (Å²) in [6, 6.07) is 7.49. The number of nitrogens with zero attached hydrogens (tertiary/aromatic N) is 1. The van der Waals surface area contributed by atoms with E-state index in [2.05, 4.69) is 10.3 Å². The molecule has 1 heterocycles. The Balaban J connectivity index is 2.28. The van der Waals surface area contributed by atoms with Gasteiger partial charge in [0, 0.05) is 11.8 Å². The zero-order chi connectivity index (χ0) is 16.3. The maximum absolute atomic E-state index is 13.0. The Morgan fingerprint density at radius 3 is 2.59 bits per heavy atom. The van der Waals surface area contributed by atoms with Crippen LogP contribution in [0.4, 0.5) is 19.0 Å². The molecule has 0 fully saturated rings. The van der Waals surface area contributed by atoms with Crippen LogP contribution in [0.25, 0.3) is 0 Å². The number of alkyl halides is 3. The summed E-state index contributed by atoms with van der Waals surface area (Å²) in [4.78, 5) is 15.1. The summed E-state index contributed by atoms with van der Waals surface area (Å²) >= 11 is 0. The lowest BCUT2D eigenvalue weighted by Crippen LogP contribution is -2.16. The van der Waals surface area contributed by atoms with Crippen molar-refractivity contribution >= 4 is 11.7 Å². The molecule has 1 amide bonds. The Kier molecular flexibility index (Phi) is 4.35. The van der Waals surface area contributed by atoms with E-state index >= 15 is 0 Å². The Morgan fingerprint density at radius 2 is 1.95 bits per heavy atom. The van der Waals surface area contributed by atoms with Gasteiger partial charge in [-0.1, -0.05) is 18.2 Å². The molecule has 0 bridgehead atoms. The summed E-state index contributed by atoms with van der Waals surface area (Å²) in [6.45, 7) is 1.59. The van der Waals surface area contributed by atoms with Gasteiger partial charge < -0.3 is 11.1 Å². The molecule has 7 heteroatoms. The lowest BCUT2D eigenvalue weighted by Gasteiger charge is -2.20. The van der Waals surface area contributed by atoms with Crippen molar-refractivity contribution in [1.29, 1.82) is 0 Å². The predicted octanol–water partition coefficient (Wildman–Crippen LogP) is 3.37. The summed E-state index contributed by atoms with van der Waals surface area (Å²) in [6.07, 6.45) is -3.07. The summed E-state index contributed by atoms with van der Waals surface area (Å²) in [5.74, 6) is -0.352. The van der Waals surface area contributed by atoms with E-state index < -0.39 is 23.7 Å². The van der Waals surface area contributed by atoms with E-state index in [0.29, 0.717) is 0 Å². The second kappa shape index (κ2) is 6.05. The number of primary amides is 1. The molecule has 0 saturated heterocycles. The van der Waals surface area contributed by atoms with E-state index in [1.54, 1.807) is 6.92 Å². The molecule has 3 N–H and O–H groups in total. The zero-order valence-electron chi connectivity index (χ0n) is 11.7. The minimum atomic E-state index is -4.44. The van der Waals surface area contributed by atoms with Crippen molar-refractivity contribution in [2.75, 3.05) is 5.32 Å². The average Bonchev–Trinajstić information content (AvgIpc) is 2.46. The molecule has 1 atom stereocenters. The molecule has 2 aromatic rings. The number of nitrogens with one attached hydrogen (secondary N) is 1. The van der Waals surface area contributed by atoms with Crippen molar-refractivity contribution in [3.05, 3.63) is 59.3 Å². The third-order valence-corrected chi connectivity index (χ3v) is 3.14. The van der Waals surface area contributed by atoms with E-state index in [0.717, 1.165) is 6.07 Å². The molecule has 1 unspecified atom stereocenters. The maximum Gasteiger partial charge on any atom is 0.416 e. The largest absolute Gasteiger partial charge is 0.416 e. The topological polar surface area (TPSA) is 68.0 Å². The monoisotopic (exact) mass is 309 g/mol. The third-order valence-electron chi connectivity index (χ3n) is 3.14. The number of hydrogen-bond donors (Lipinski definition) is 2. The quantitative estimate of drug-likeness (QED) is 0.910. The van der Waals surface area contributed by atoms with Gasteiger partial charge in [0.2, 0.25) is 5.91 Å². The van der Waals surface area contributed by atoms with E-state index in [9.17, 15) is 18.0 Å². The molecule has 116 valence electrons. The van der Waals surface area contributed by atoms with E-state index in [1.807, 2.05) is 0 Å². The zero-order valence-corrected chi connectivity index (χ0v) is 11.7. The SMILES string of the molecule is CC(Nc1cc(C(N)=O)ccn1)c1ccccc1C(F)(F)F. The molecule has 0 aliphatic carbocycles. The Labute approximate surface area is 125 Å². The number of benzene rings is 1. The molecule has 0 saturated carbocycles. The number of anilines is 1. The maximum atomic E-state index is 13.0. The van der Waals surface area contributed by atoms with Gasteiger partial charge in [-0.05, 0) is 30.7 Å². The van der Waals surface area contributed by atoms with Crippen molar-refractivity contribution in [2.45, 2.75) is 19.1 Å². The summed E-state index contributed by atoms with van der Waals surface area (Å²) in [7, 11) is 0. The van der Waals surface area contributed by atoms with Gasteiger partial charge >= 0.3 is 6.18 Å². The molecule has 0 radical (unpaired) electrons. The van der Waals surface area contributed by atoms with Gasteiger partial charge in [-0.25, -0.2) is 4.98 Å². The normalized spacial score (nSPS) is 12.7. The van der Waals surface area contributed by atoms with Crippen molar-refractivity contribution in [2.24, 2.45) is 5.73 Å². The van der Waals surface area contributed by atoms with Crippen LogP contribution < -0.4 is 11.1 Å². The van der Waals surface area contributed by atoms with Crippen LogP contribution in [0.5, 0.6) is 0 Å². The van der Waals surface area contributed by atoms with Gasteiger partial charge in [-0.2, -0.15) is 13.2 Å². The van der Waals surface area contributed by atoms with Crippen molar-refractivity contribution < 1.29 is 18.0 Å². The number of amides is 1. The molecule has 2 rings (SSSR count). The first-order chi connectivity index (χ1) is 10.3. The Bertz CT molecular complexity index is 686. The molecule has 1 aromatic heterocycles. The fourth-order valence-electron chi connectivity index (χ4n) is 2.10. The van der Waals surface area contributed by atoms with Gasteiger partial charge in [-0.15, -0.1) is 0 Å². The second-order valence-electron chi connectivity index (χ2n) is 4.75. The standard InChI is InChI=1S/C15H14F3N3O/c1-9(11-4-2-3-5-12(11)15(16,17)18)21-13-8-10(14(19)22)6-7-20-13/h2-9H,1H3,(H2,19,22)(H,20,21). The highest BCUT2D eigenvalue weighted by Gasteiger charge is 2.34. The third kappa shape index (κ3) is 3.55. The molecule has 0 spiro atoms. The minimum Gasteiger partial charge on any atom is -0.366 e. The average molecular weight is 309 g/mol. The van der Waals surface area contributed by atoms with Crippen molar-refractivity contribution in [3.8, 4) is 0 Å². The van der Waals surface area contributed by atoms with Gasteiger partial charge in [0.25, 0.3) is 0 Å². The van der Waals surface area contributed by atoms with Crippen LogP contribution in [-0.4, -0.2) is 10.9 Å². The molecule has 0 aliphatic heterocycles. The van der Waals surface area contributed by atoms with Crippen LogP contribution in [0.1, 0.15) is 34.5 Å². The van der Waals surface area contributed by atoms with Crippen LogP contribution in [-0.2, 0) is 6.18 Å². The first-order valence-electron chi connectivity index (χ1n) is 6.47. The number of hydrogen-bond acceptors (Lipinski definition) is 3. The van der Waals surface area contributed by atoms with E-state index in [-0.39, 0.29) is 16.9 Å². The van der Waals surface area contributed by atoms with Crippen molar-refractivity contribution in [3.63, 3.8) is 0 Å². The number of halogens is 3. The number of rotatable bonds is 4. The highest BCUT2D eigenvalue weighted by Crippen LogP contribution is 2.35. The van der Waals surface area contributed by atoms with Crippen LogP contribution in [0, 0.1) is 0 Å². The molecule has 0 aliphatic rings. The van der Waals surface area contributed by atoms with Crippen LogP contribution in [0.3, 0.4) is 0 Å². The van der Waals surface area contributed by atoms with Gasteiger partial charge in [0.1, 0.15) is 5.82 Å². The first-order valence-corrected chi connectivity index (χ1v) is 6.47. The Hall–Kier alpha value is -2.57. The van der Waals surface area contributed by atoms with Crippen LogP contribution >= 0.6 is 0 Å². The molecular weight excluding hydrogens is 295 g/mol.